The third-order valence-electron chi connectivity index (χ3n) is 4.01. The smallest absolute Gasteiger partial charge is 0.342 e. The Balaban J connectivity index is 2.01. The van der Waals surface area contributed by atoms with E-state index in [1.165, 1.54) is 6.07 Å². The minimum absolute atomic E-state index is 0.0931. The number of phenols is 1. The summed E-state index contributed by atoms with van der Waals surface area (Å²) in [4.78, 5) is 26.3. The number of esters is 1. The molecule has 1 fully saturated rings. The number of hydrogen-bond acceptors (Lipinski definition) is 4. The number of phenolic OH excluding ortho intramolecular Hbond substituents is 1. The lowest BCUT2D eigenvalue weighted by Gasteiger charge is -2.24. The summed E-state index contributed by atoms with van der Waals surface area (Å²) in [6.45, 7) is 4.72. The zero-order chi connectivity index (χ0) is 16.1. The van der Waals surface area contributed by atoms with E-state index in [4.69, 9.17) is 4.74 Å². The summed E-state index contributed by atoms with van der Waals surface area (Å²) in [7, 11) is 0. The highest BCUT2D eigenvalue weighted by molar-refractivity contribution is 5.94. The first-order valence-electron chi connectivity index (χ1n) is 7.79. The van der Waals surface area contributed by atoms with Crippen LogP contribution in [0.15, 0.2) is 18.2 Å². The van der Waals surface area contributed by atoms with E-state index in [9.17, 15) is 14.7 Å². The number of benzene rings is 1. The van der Waals surface area contributed by atoms with Gasteiger partial charge in [-0.2, -0.15) is 0 Å². The summed E-state index contributed by atoms with van der Waals surface area (Å²) in [5, 5.41) is 9.91. The maximum atomic E-state index is 12.4. The number of carbonyl (C=O) groups excluding carboxylic acids is 2. The molecule has 0 aliphatic carbocycles. The van der Waals surface area contributed by atoms with Crippen LogP contribution in [0.5, 0.6) is 5.75 Å². The van der Waals surface area contributed by atoms with Crippen LogP contribution in [-0.2, 0) is 9.53 Å². The lowest BCUT2D eigenvalue weighted by atomic mass is 10.1. The predicted octanol–water partition coefficient (Wildman–Crippen LogP) is 2.65. The largest absolute Gasteiger partial charge is 0.507 e. The third-order valence-corrected chi connectivity index (χ3v) is 4.01. The van der Waals surface area contributed by atoms with Gasteiger partial charge in [0.2, 0.25) is 0 Å². The van der Waals surface area contributed by atoms with Gasteiger partial charge in [0.1, 0.15) is 11.3 Å². The molecular formula is C17H23NO4. The molecule has 1 aromatic carbocycles. The molecule has 0 saturated carbocycles. The second-order valence-corrected chi connectivity index (χ2v) is 5.76. The first-order chi connectivity index (χ1) is 10.5. The summed E-state index contributed by atoms with van der Waals surface area (Å²) in [5.74, 6) is -0.929. The minimum Gasteiger partial charge on any atom is -0.507 e. The number of rotatable bonds is 3. The highest BCUT2D eigenvalue weighted by Gasteiger charge is 2.26. The summed E-state index contributed by atoms with van der Waals surface area (Å²) in [5.41, 5.74) is 0.691. The zero-order valence-electron chi connectivity index (χ0n) is 13.2. The van der Waals surface area contributed by atoms with Crippen molar-refractivity contribution < 1.29 is 19.4 Å². The molecule has 1 unspecified atom stereocenters. The van der Waals surface area contributed by atoms with Crippen LogP contribution in [0.25, 0.3) is 0 Å². The van der Waals surface area contributed by atoms with Crippen LogP contribution < -0.4 is 0 Å². The average Bonchev–Trinajstić information content (AvgIpc) is 2.78. The van der Waals surface area contributed by atoms with E-state index in [0.717, 1.165) is 38.8 Å². The molecule has 5 nitrogen and oxygen atoms in total. The van der Waals surface area contributed by atoms with Gasteiger partial charge >= 0.3 is 5.97 Å². The van der Waals surface area contributed by atoms with Crippen LogP contribution in [0.2, 0.25) is 0 Å². The van der Waals surface area contributed by atoms with Crippen LogP contribution in [0.1, 0.15) is 48.5 Å². The lowest BCUT2D eigenvalue weighted by Crippen LogP contribution is -2.40. The summed E-state index contributed by atoms with van der Waals surface area (Å²) >= 11 is 0. The van der Waals surface area contributed by atoms with Crippen molar-refractivity contribution in [2.75, 3.05) is 13.1 Å². The van der Waals surface area contributed by atoms with Crippen LogP contribution in [0.4, 0.5) is 0 Å². The first-order valence-corrected chi connectivity index (χ1v) is 7.79. The molecule has 1 aliphatic rings. The molecule has 1 aliphatic heterocycles. The van der Waals surface area contributed by atoms with Gasteiger partial charge in [-0.05, 0) is 38.3 Å². The standard InChI is InChI=1S/C17H23NO4/c1-12-8-7-9-14(15(12)19)17(21)22-13(2)16(20)18-10-5-3-4-6-11-18/h7-9,13,19H,3-6,10-11H2,1-2H3. The highest BCUT2D eigenvalue weighted by Crippen LogP contribution is 2.23. The molecule has 1 aromatic rings. The van der Waals surface area contributed by atoms with E-state index in [-0.39, 0.29) is 17.2 Å². The van der Waals surface area contributed by atoms with Gasteiger partial charge in [-0.15, -0.1) is 0 Å². The molecule has 2 rings (SSSR count). The van der Waals surface area contributed by atoms with Crippen molar-refractivity contribution >= 4 is 11.9 Å². The number of likely N-dealkylation sites (tertiary alicyclic amines) is 1. The molecule has 5 heteroatoms. The molecule has 22 heavy (non-hydrogen) atoms. The lowest BCUT2D eigenvalue weighted by molar-refractivity contribution is -0.139. The van der Waals surface area contributed by atoms with Gasteiger partial charge in [-0.3, -0.25) is 4.79 Å². The Hall–Kier alpha value is -2.04. The molecule has 0 bridgehead atoms. The predicted molar refractivity (Wildman–Crippen MR) is 82.8 cm³/mol. The topological polar surface area (TPSA) is 66.8 Å². The third kappa shape index (κ3) is 3.78. The van der Waals surface area contributed by atoms with Crippen LogP contribution in [-0.4, -0.2) is 41.1 Å². The molecule has 0 aromatic heterocycles. The molecule has 120 valence electrons. The Kier molecular flexibility index (Phi) is 5.41. The van der Waals surface area contributed by atoms with Crippen molar-refractivity contribution in [3.63, 3.8) is 0 Å². The number of aromatic hydroxyl groups is 1. The number of para-hydroxylation sites is 1. The van der Waals surface area contributed by atoms with E-state index >= 15 is 0 Å². The van der Waals surface area contributed by atoms with E-state index < -0.39 is 12.1 Å². The number of nitrogens with zero attached hydrogens (tertiary/aromatic N) is 1. The van der Waals surface area contributed by atoms with Gasteiger partial charge in [0, 0.05) is 13.1 Å². The summed E-state index contributed by atoms with van der Waals surface area (Å²) in [6.07, 6.45) is 3.41. The van der Waals surface area contributed by atoms with E-state index in [1.54, 1.807) is 30.9 Å². The van der Waals surface area contributed by atoms with Gasteiger partial charge in [-0.25, -0.2) is 4.79 Å². The van der Waals surface area contributed by atoms with Gasteiger partial charge in [-0.1, -0.05) is 25.0 Å². The van der Waals surface area contributed by atoms with Crippen molar-refractivity contribution in [1.29, 1.82) is 0 Å². The van der Waals surface area contributed by atoms with Crippen molar-refractivity contribution in [1.82, 2.24) is 4.90 Å². The molecule has 1 atom stereocenters. The Labute approximate surface area is 130 Å². The molecule has 1 N–H and O–H groups in total. The molecule has 0 spiro atoms. The fourth-order valence-corrected chi connectivity index (χ4v) is 2.65. The Morgan fingerprint density at radius 3 is 2.45 bits per heavy atom. The molecule has 1 heterocycles. The number of amides is 1. The van der Waals surface area contributed by atoms with Crippen molar-refractivity contribution in [3.8, 4) is 5.75 Å². The number of ether oxygens (including phenoxy) is 1. The summed E-state index contributed by atoms with van der Waals surface area (Å²) in [6, 6.07) is 4.87. The summed E-state index contributed by atoms with van der Waals surface area (Å²) < 4.78 is 5.24. The van der Waals surface area contributed by atoms with E-state index in [0.29, 0.717) is 5.56 Å². The van der Waals surface area contributed by atoms with Crippen molar-refractivity contribution in [2.24, 2.45) is 0 Å². The monoisotopic (exact) mass is 305 g/mol. The SMILES string of the molecule is Cc1cccc(C(=O)OC(C)C(=O)N2CCCCCC2)c1O. The Morgan fingerprint density at radius 2 is 1.82 bits per heavy atom. The number of carbonyl (C=O) groups is 2. The van der Waals surface area contributed by atoms with Gasteiger partial charge < -0.3 is 14.7 Å². The minimum atomic E-state index is -0.842. The van der Waals surface area contributed by atoms with Gasteiger partial charge in [0.05, 0.1) is 0 Å². The van der Waals surface area contributed by atoms with Crippen molar-refractivity contribution in [3.05, 3.63) is 29.3 Å². The highest BCUT2D eigenvalue weighted by atomic mass is 16.5. The fourth-order valence-electron chi connectivity index (χ4n) is 2.65. The second kappa shape index (κ2) is 7.29. The van der Waals surface area contributed by atoms with E-state index in [1.807, 2.05) is 0 Å². The molecular weight excluding hydrogens is 282 g/mol. The van der Waals surface area contributed by atoms with Crippen LogP contribution in [0, 0.1) is 6.92 Å². The average molecular weight is 305 g/mol. The number of hydrogen-bond donors (Lipinski definition) is 1. The maximum absolute atomic E-state index is 12.4. The van der Waals surface area contributed by atoms with Gasteiger partial charge in [0.25, 0.3) is 5.91 Å². The normalized spacial score (nSPS) is 16.7. The second-order valence-electron chi connectivity index (χ2n) is 5.76. The number of aryl methyl sites for hydroxylation is 1. The molecule has 1 amide bonds. The van der Waals surface area contributed by atoms with Gasteiger partial charge in [0.15, 0.2) is 6.10 Å². The van der Waals surface area contributed by atoms with Crippen LogP contribution >= 0.6 is 0 Å². The van der Waals surface area contributed by atoms with E-state index in [2.05, 4.69) is 0 Å². The maximum Gasteiger partial charge on any atom is 0.342 e. The van der Waals surface area contributed by atoms with Crippen LogP contribution in [0.3, 0.4) is 0 Å². The molecule has 0 radical (unpaired) electrons. The molecule has 1 saturated heterocycles. The Bertz CT molecular complexity index is 548. The fraction of sp³-hybridized carbons (Fsp3) is 0.529. The first kappa shape index (κ1) is 16.3. The quantitative estimate of drug-likeness (QED) is 0.872. The Morgan fingerprint density at radius 1 is 1.18 bits per heavy atom. The van der Waals surface area contributed by atoms with Crippen molar-refractivity contribution in [2.45, 2.75) is 45.6 Å². The zero-order valence-corrected chi connectivity index (χ0v) is 13.2.